The minimum Gasteiger partial charge on any atom is -0.306 e. The Morgan fingerprint density at radius 1 is 1.14 bits per heavy atom. The minimum atomic E-state index is -0.263. The fourth-order valence-corrected chi connectivity index (χ4v) is 1.77. The lowest BCUT2D eigenvalue weighted by atomic mass is 10.1. The minimum absolute atomic E-state index is 0.263. The Bertz CT molecular complexity index is 606. The van der Waals surface area contributed by atoms with Crippen molar-refractivity contribution in [2.24, 2.45) is 5.10 Å². The number of nitrogens with zero attached hydrogens (tertiary/aromatic N) is 2. The van der Waals surface area contributed by atoms with E-state index in [0.29, 0.717) is 6.42 Å². The normalized spacial score (nSPS) is 10.6. The van der Waals surface area contributed by atoms with Crippen molar-refractivity contribution in [3.8, 4) is 0 Å². The zero-order chi connectivity index (χ0) is 15.1. The van der Waals surface area contributed by atoms with Gasteiger partial charge in [-0.05, 0) is 24.6 Å². The predicted octanol–water partition coefficient (Wildman–Crippen LogP) is 3.69. The van der Waals surface area contributed by atoms with Gasteiger partial charge in [-0.25, -0.2) is 9.80 Å². The van der Waals surface area contributed by atoms with Gasteiger partial charge in [0.2, 0.25) is 0 Å². The number of nitrogens with one attached hydrogen (secondary N) is 1. The SMILES string of the molecule is Cc1ccc(C/C=N/N(C)C(=O)Nc2ccccc2)cc1. The third-order valence-electron chi connectivity index (χ3n) is 3.02. The number of anilines is 1. The number of amides is 2. The maximum Gasteiger partial charge on any atom is 0.341 e. The first kappa shape index (κ1) is 14.8. The molecule has 0 saturated carbocycles. The lowest BCUT2D eigenvalue weighted by molar-refractivity contribution is 0.224. The van der Waals surface area contributed by atoms with Crippen molar-refractivity contribution in [1.29, 1.82) is 0 Å². The zero-order valence-corrected chi connectivity index (χ0v) is 12.3. The molecule has 4 nitrogen and oxygen atoms in total. The molecular formula is C17H19N3O. The third kappa shape index (κ3) is 4.76. The second kappa shape index (κ2) is 7.24. The molecule has 0 heterocycles. The topological polar surface area (TPSA) is 44.7 Å². The van der Waals surface area contributed by atoms with Crippen LogP contribution in [0.3, 0.4) is 0 Å². The number of benzene rings is 2. The van der Waals surface area contributed by atoms with Gasteiger partial charge in [0, 0.05) is 25.4 Å². The van der Waals surface area contributed by atoms with Crippen molar-refractivity contribution in [3.63, 3.8) is 0 Å². The highest BCUT2D eigenvalue weighted by Crippen LogP contribution is 2.06. The molecule has 0 spiro atoms. The van der Waals surface area contributed by atoms with Crippen LogP contribution in [-0.2, 0) is 6.42 Å². The molecule has 0 unspecified atom stereocenters. The van der Waals surface area contributed by atoms with Crippen molar-refractivity contribution in [3.05, 3.63) is 65.7 Å². The van der Waals surface area contributed by atoms with Gasteiger partial charge >= 0.3 is 6.03 Å². The van der Waals surface area contributed by atoms with Crippen LogP contribution in [0.25, 0.3) is 0 Å². The molecule has 0 saturated heterocycles. The molecule has 0 fully saturated rings. The molecule has 0 aliphatic heterocycles. The first-order valence-electron chi connectivity index (χ1n) is 6.83. The first-order chi connectivity index (χ1) is 10.1. The van der Waals surface area contributed by atoms with Gasteiger partial charge in [-0.2, -0.15) is 5.10 Å². The van der Waals surface area contributed by atoms with E-state index >= 15 is 0 Å². The van der Waals surface area contributed by atoms with Gasteiger partial charge in [0.25, 0.3) is 0 Å². The van der Waals surface area contributed by atoms with Gasteiger partial charge in [-0.3, -0.25) is 0 Å². The number of hydrogen-bond acceptors (Lipinski definition) is 2. The number of carbonyl (C=O) groups is 1. The van der Waals surface area contributed by atoms with Crippen molar-refractivity contribution < 1.29 is 4.79 Å². The van der Waals surface area contributed by atoms with Gasteiger partial charge in [0.1, 0.15) is 0 Å². The molecular weight excluding hydrogens is 262 g/mol. The summed E-state index contributed by atoms with van der Waals surface area (Å²) < 4.78 is 0. The molecule has 2 rings (SSSR count). The van der Waals surface area contributed by atoms with E-state index in [0.717, 1.165) is 5.69 Å². The Morgan fingerprint density at radius 2 is 1.81 bits per heavy atom. The molecule has 0 aliphatic rings. The van der Waals surface area contributed by atoms with Crippen molar-refractivity contribution >= 4 is 17.9 Å². The molecule has 0 aliphatic carbocycles. The summed E-state index contributed by atoms with van der Waals surface area (Å²) in [5.41, 5.74) is 3.15. The average molecular weight is 281 g/mol. The summed E-state index contributed by atoms with van der Waals surface area (Å²) in [6.45, 7) is 2.06. The van der Waals surface area contributed by atoms with Crippen LogP contribution in [0.1, 0.15) is 11.1 Å². The monoisotopic (exact) mass is 281 g/mol. The zero-order valence-electron chi connectivity index (χ0n) is 12.3. The fraction of sp³-hybridized carbons (Fsp3) is 0.176. The largest absolute Gasteiger partial charge is 0.341 e. The lowest BCUT2D eigenvalue weighted by Gasteiger charge is -2.12. The summed E-state index contributed by atoms with van der Waals surface area (Å²) in [5, 5.41) is 8.20. The van der Waals surface area contributed by atoms with Crippen molar-refractivity contribution in [2.75, 3.05) is 12.4 Å². The van der Waals surface area contributed by atoms with Gasteiger partial charge in [0.05, 0.1) is 0 Å². The Kier molecular flexibility index (Phi) is 5.10. The number of rotatable bonds is 4. The van der Waals surface area contributed by atoms with E-state index in [-0.39, 0.29) is 6.03 Å². The maximum atomic E-state index is 11.9. The Hall–Kier alpha value is -2.62. The second-order valence-corrected chi connectivity index (χ2v) is 4.81. The van der Waals surface area contributed by atoms with Gasteiger partial charge in [-0.15, -0.1) is 0 Å². The fourth-order valence-electron chi connectivity index (χ4n) is 1.77. The number of aryl methyl sites for hydroxylation is 1. The molecule has 0 radical (unpaired) electrons. The quantitative estimate of drug-likeness (QED) is 0.674. The molecule has 0 aromatic heterocycles. The number of hydrogen-bond donors (Lipinski definition) is 1. The van der Waals surface area contributed by atoms with E-state index in [4.69, 9.17) is 0 Å². The van der Waals surface area contributed by atoms with Gasteiger partial charge < -0.3 is 5.32 Å². The predicted molar refractivity (Wildman–Crippen MR) is 86.6 cm³/mol. The smallest absolute Gasteiger partial charge is 0.306 e. The van der Waals surface area contributed by atoms with E-state index in [1.165, 1.54) is 16.1 Å². The number of hydrazone groups is 1. The molecule has 2 aromatic rings. The molecule has 2 aromatic carbocycles. The summed E-state index contributed by atoms with van der Waals surface area (Å²) in [4.78, 5) is 11.9. The second-order valence-electron chi connectivity index (χ2n) is 4.81. The molecule has 4 heteroatoms. The van der Waals surface area contributed by atoms with Crippen LogP contribution in [0, 0.1) is 6.92 Å². The summed E-state index contributed by atoms with van der Waals surface area (Å²) in [6, 6.07) is 17.3. The molecule has 1 N–H and O–H groups in total. The molecule has 0 bridgehead atoms. The highest BCUT2D eigenvalue weighted by atomic mass is 16.2. The van der Waals surface area contributed by atoms with E-state index < -0.39 is 0 Å². The highest BCUT2D eigenvalue weighted by molar-refractivity contribution is 5.89. The van der Waals surface area contributed by atoms with Crippen LogP contribution in [-0.4, -0.2) is 24.3 Å². The Labute approximate surface area is 125 Å². The highest BCUT2D eigenvalue weighted by Gasteiger charge is 2.05. The van der Waals surface area contributed by atoms with Gasteiger partial charge in [0.15, 0.2) is 0 Å². The standard InChI is InChI=1S/C17H19N3O/c1-14-8-10-15(11-9-14)12-13-18-20(2)17(21)19-16-6-4-3-5-7-16/h3-11,13H,12H2,1-2H3,(H,19,21)/b18-13+. The maximum absolute atomic E-state index is 11.9. The summed E-state index contributed by atoms with van der Waals surface area (Å²) in [5.74, 6) is 0. The van der Waals surface area contributed by atoms with E-state index in [9.17, 15) is 4.79 Å². The lowest BCUT2D eigenvalue weighted by Crippen LogP contribution is -2.26. The molecule has 2 amide bonds. The molecule has 0 atom stereocenters. The summed E-state index contributed by atoms with van der Waals surface area (Å²) >= 11 is 0. The van der Waals surface area contributed by atoms with Crippen LogP contribution in [0.4, 0.5) is 10.5 Å². The van der Waals surface area contributed by atoms with Crippen LogP contribution in [0.5, 0.6) is 0 Å². The summed E-state index contributed by atoms with van der Waals surface area (Å²) in [6.07, 6.45) is 2.43. The van der Waals surface area contributed by atoms with E-state index in [1.54, 1.807) is 13.3 Å². The molecule has 108 valence electrons. The van der Waals surface area contributed by atoms with Gasteiger partial charge in [-0.1, -0.05) is 48.0 Å². The van der Waals surface area contributed by atoms with Crippen molar-refractivity contribution in [2.45, 2.75) is 13.3 Å². The summed E-state index contributed by atoms with van der Waals surface area (Å²) in [7, 11) is 1.63. The Morgan fingerprint density at radius 3 is 2.48 bits per heavy atom. The third-order valence-corrected chi connectivity index (χ3v) is 3.02. The van der Waals surface area contributed by atoms with Crippen LogP contribution < -0.4 is 5.32 Å². The van der Waals surface area contributed by atoms with Crippen LogP contribution >= 0.6 is 0 Å². The van der Waals surface area contributed by atoms with Crippen LogP contribution in [0.2, 0.25) is 0 Å². The number of urea groups is 1. The van der Waals surface area contributed by atoms with E-state index in [2.05, 4.69) is 41.6 Å². The average Bonchev–Trinajstić information content (AvgIpc) is 2.50. The van der Waals surface area contributed by atoms with E-state index in [1.807, 2.05) is 30.3 Å². The van der Waals surface area contributed by atoms with Crippen molar-refractivity contribution in [1.82, 2.24) is 5.01 Å². The number of carbonyl (C=O) groups excluding carboxylic acids is 1. The molecule has 21 heavy (non-hydrogen) atoms. The Balaban J connectivity index is 1.85. The number of para-hydroxylation sites is 1. The first-order valence-corrected chi connectivity index (χ1v) is 6.83. The van der Waals surface area contributed by atoms with Crippen LogP contribution in [0.15, 0.2) is 59.7 Å².